The van der Waals surface area contributed by atoms with Gasteiger partial charge in [-0.2, -0.15) is 0 Å². The highest BCUT2D eigenvalue weighted by Crippen LogP contribution is 2.32. The average Bonchev–Trinajstić information content (AvgIpc) is 3.24. The van der Waals surface area contributed by atoms with Crippen LogP contribution in [0.15, 0.2) is 47.8 Å². The van der Waals surface area contributed by atoms with Crippen LogP contribution in [0.2, 0.25) is 0 Å². The lowest BCUT2D eigenvalue weighted by atomic mass is 10.2. The van der Waals surface area contributed by atoms with Gasteiger partial charge in [-0.1, -0.05) is 6.07 Å². The van der Waals surface area contributed by atoms with Gasteiger partial charge in [0.15, 0.2) is 11.5 Å². The summed E-state index contributed by atoms with van der Waals surface area (Å²) in [6, 6.07) is 12.3. The van der Waals surface area contributed by atoms with Crippen LogP contribution in [0.1, 0.15) is 11.3 Å². The molecule has 24 heavy (non-hydrogen) atoms. The Morgan fingerprint density at radius 2 is 1.88 bits per heavy atom. The van der Waals surface area contributed by atoms with Crippen LogP contribution >= 0.6 is 11.3 Å². The first-order valence-corrected chi connectivity index (χ1v) is 8.45. The summed E-state index contributed by atoms with van der Waals surface area (Å²) >= 11 is 1.56. The number of ether oxygens (including phenoxy) is 2. The first kappa shape index (κ1) is 15.1. The zero-order chi connectivity index (χ0) is 16.4. The maximum Gasteiger partial charge on any atom is 0.231 e. The molecule has 4 rings (SSSR count). The number of nitrogens with one attached hydrogen (secondary N) is 1. The van der Waals surface area contributed by atoms with Gasteiger partial charge < -0.3 is 14.8 Å². The summed E-state index contributed by atoms with van der Waals surface area (Å²) in [7, 11) is 0. The van der Waals surface area contributed by atoms with E-state index in [0.717, 1.165) is 39.9 Å². The van der Waals surface area contributed by atoms with E-state index in [9.17, 15) is 4.39 Å². The Morgan fingerprint density at radius 1 is 1.04 bits per heavy atom. The summed E-state index contributed by atoms with van der Waals surface area (Å²) in [4.78, 5) is 4.59. The monoisotopic (exact) mass is 342 g/mol. The van der Waals surface area contributed by atoms with Crippen molar-refractivity contribution in [3.63, 3.8) is 0 Å². The number of halogens is 1. The Kier molecular flexibility index (Phi) is 4.15. The number of hydrogen-bond donors (Lipinski definition) is 1. The number of hydrogen-bond acceptors (Lipinski definition) is 5. The second kappa shape index (κ2) is 6.59. The van der Waals surface area contributed by atoms with Gasteiger partial charge in [0, 0.05) is 24.0 Å². The molecular weight excluding hydrogens is 327 g/mol. The minimum Gasteiger partial charge on any atom is -0.454 e. The molecule has 0 unspecified atom stereocenters. The SMILES string of the molecule is Fc1ccc(-c2nc(CNCc3ccc4c(c3)OCO4)cs2)cc1. The summed E-state index contributed by atoms with van der Waals surface area (Å²) < 4.78 is 23.7. The molecule has 0 saturated carbocycles. The van der Waals surface area contributed by atoms with Crippen LogP contribution in [0, 0.1) is 5.82 Å². The van der Waals surface area contributed by atoms with Crippen LogP contribution in [0.25, 0.3) is 10.6 Å². The van der Waals surface area contributed by atoms with Crippen LogP contribution in [0.3, 0.4) is 0 Å². The lowest BCUT2D eigenvalue weighted by Crippen LogP contribution is -2.12. The summed E-state index contributed by atoms with van der Waals surface area (Å²) in [6.45, 7) is 1.68. The first-order chi connectivity index (χ1) is 11.8. The molecule has 1 aromatic heterocycles. The molecule has 2 aromatic carbocycles. The lowest BCUT2D eigenvalue weighted by Gasteiger charge is -2.04. The van der Waals surface area contributed by atoms with Crippen molar-refractivity contribution in [3.05, 3.63) is 64.9 Å². The number of aromatic nitrogens is 1. The standard InChI is InChI=1S/C18H15FN2O2S/c19-14-4-2-13(3-5-14)18-21-15(10-24-18)9-20-8-12-1-6-16-17(7-12)23-11-22-16/h1-7,10,20H,8-9,11H2. The molecular formula is C18H15FN2O2S. The van der Waals surface area contributed by atoms with Gasteiger partial charge in [0.25, 0.3) is 0 Å². The molecule has 2 heterocycles. The number of nitrogens with zero attached hydrogens (tertiary/aromatic N) is 1. The Labute approximate surface area is 142 Å². The highest BCUT2D eigenvalue weighted by molar-refractivity contribution is 7.13. The van der Waals surface area contributed by atoms with Crippen molar-refractivity contribution >= 4 is 11.3 Å². The normalized spacial score (nSPS) is 12.5. The summed E-state index contributed by atoms with van der Waals surface area (Å²) in [5.41, 5.74) is 3.04. The smallest absolute Gasteiger partial charge is 0.231 e. The van der Waals surface area contributed by atoms with Crippen LogP contribution in [0.4, 0.5) is 4.39 Å². The summed E-state index contributed by atoms with van der Waals surface area (Å²) in [5, 5.41) is 6.29. The van der Waals surface area contributed by atoms with E-state index in [1.54, 1.807) is 23.5 Å². The summed E-state index contributed by atoms with van der Waals surface area (Å²) in [5.74, 6) is 1.35. The molecule has 0 aliphatic carbocycles. The fraction of sp³-hybridized carbons (Fsp3) is 0.167. The first-order valence-electron chi connectivity index (χ1n) is 7.57. The molecule has 0 bridgehead atoms. The molecule has 1 aliphatic heterocycles. The third kappa shape index (κ3) is 3.25. The van der Waals surface area contributed by atoms with Gasteiger partial charge in [0.1, 0.15) is 10.8 Å². The predicted molar refractivity (Wildman–Crippen MR) is 90.6 cm³/mol. The number of fused-ring (bicyclic) bond motifs is 1. The fourth-order valence-electron chi connectivity index (χ4n) is 2.50. The molecule has 122 valence electrons. The van der Waals surface area contributed by atoms with E-state index in [1.807, 2.05) is 23.6 Å². The predicted octanol–water partition coefficient (Wildman–Crippen LogP) is 3.97. The summed E-state index contributed by atoms with van der Waals surface area (Å²) in [6.07, 6.45) is 0. The van der Waals surface area contributed by atoms with Crippen molar-refractivity contribution in [2.45, 2.75) is 13.1 Å². The van der Waals surface area contributed by atoms with E-state index >= 15 is 0 Å². The van der Waals surface area contributed by atoms with Crippen molar-refractivity contribution in [2.75, 3.05) is 6.79 Å². The molecule has 0 spiro atoms. The van der Waals surface area contributed by atoms with E-state index in [2.05, 4.69) is 10.3 Å². The van der Waals surface area contributed by atoms with Crippen molar-refractivity contribution in [2.24, 2.45) is 0 Å². The van der Waals surface area contributed by atoms with E-state index in [0.29, 0.717) is 6.54 Å². The molecule has 3 aromatic rings. The molecule has 4 nitrogen and oxygen atoms in total. The fourth-order valence-corrected chi connectivity index (χ4v) is 3.32. The van der Waals surface area contributed by atoms with Crippen molar-refractivity contribution < 1.29 is 13.9 Å². The minimum atomic E-state index is -0.235. The van der Waals surface area contributed by atoms with Gasteiger partial charge in [-0.25, -0.2) is 9.37 Å². The lowest BCUT2D eigenvalue weighted by molar-refractivity contribution is 0.174. The average molecular weight is 342 g/mol. The Hall–Kier alpha value is -2.44. The Balaban J connectivity index is 1.36. The second-order valence-corrected chi connectivity index (χ2v) is 6.30. The van der Waals surface area contributed by atoms with Crippen LogP contribution in [0.5, 0.6) is 11.5 Å². The van der Waals surface area contributed by atoms with Gasteiger partial charge in [0.2, 0.25) is 6.79 Å². The van der Waals surface area contributed by atoms with E-state index in [4.69, 9.17) is 9.47 Å². The number of rotatable bonds is 5. The zero-order valence-corrected chi connectivity index (χ0v) is 13.6. The Morgan fingerprint density at radius 3 is 2.75 bits per heavy atom. The molecule has 0 saturated heterocycles. The molecule has 6 heteroatoms. The van der Waals surface area contributed by atoms with E-state index in [-0.39, 0.29) is 12.6 Å². The third-order valence-electron chi connectivity index (χ3n) is 3.72. The third-order valence-corrected chi connectivity index (χ3v) is 4.66. The topological polar surface area (TPSA) is 43.4 Å². The maximum atomic E-state index is 13.0. The van der Waals surface area contributed by atoms with Crippen molar-refractivity contribution in [1.29, 1.82) is 0 Å². The maximum absolute atomic E-state index is 13.0. The van der Waals surface area contributed by atoms with Gasteiger partial charge >= 0.3 is 0 Å². The van der Waals surface area contributed by atoms with Gasteiger partial charge in [-0.15, -0.1) is 11.3 Å². The zero-order valence-electron chi connectivity index (χ0n) is 12.8. The van der Waals surface area contributed by atoms with Gasteiger partial charge in [0.05, 0.1) is 5.69 Å². The number of thiazole rings is 1. The molecule has 0 radical (unpaired) electrons. The molecule has 0 atom stereocenters. The largest absolute Gasteiger partial charge is 0.454 e. The highest BCUT2D eigenvalue weighted by Gasteiger charge is 2.13. The van der Waals surface area contributed by atoms with E-state index in [1.165, 1.54) is 12.1 Å². The molecule has 1 N–H and O–H groups in total. The number of benzene rings is 2. The highest BCUT2D eigenvalue weighted by atomic mass is 32.1. The van der Waals surface area contributed by atoms with Crippen molar-refractivity contribution in [3.8, 4) is 22.1 Å². The van der Waals surface area contributed by atoms with Crippen LogP contribution < -0.4 is 14.8 Å². The van der Waals surface area contributed by atoms with Crippen LogP contribution in [-0.2, 0) is 13.1 Å². The van der Waals surface area contributed by atoms with Gasteiger partial charge in [-0.3, -0.25) is 0 Å². The van der Waals surface area contributed by atoms with Crippen LogP contribution in [-0.4, -0.2) is 11.8 Å². The van der Waals surface area contributed by atoms with E-state index < -0.39 is 0 Å². The second-order valence-electron chi connectivity index (χ2n) is 5.44. The van der Waals surface area contributed by atoms with Crippen molar-refractivity contribution in [1.82, 2.24) is 10.3 Å². The minimum absolute atomic E-state index is 0.235. The quantitative estimate of drug-likeness (QED) is 0.762. The molecule has 0 amide bonds. The molecule has 1 aliphatic rings. The Bertz CT molecular complexity index is 848. The molecule has 0 fully saturated rings. The van der Waals surface area contributed by atoms with Gasteiger partial charge in [-0.05, 0) is 42.0 Å².